The second-order valence-electron chi connectivity index (χ2n) is 5.52. The van der Waals surface area contributed by atoms with Crippen LogP contribution in [0.2, 0.25) is 19.6 Å². The Balaban J connectivity index is 2.65. The zero-order valence-corrected chi connectivity index (χ0v) is 12.2. The van der Waals surface area contributed by atoms with Crippen molar-refractivity contribution in [1.29, 1.82) is 0 Å². The van der Waals surface area contributed by atoms with Gasteiger partial charge in [-0.2, -0.15) is 0 Å². The summed E-state index contributed by atoms with van der Waals surface area (Å²) in [6.45, 7) is 7.07. The Morgan fingerprint density at radius 1 is 0.944 bits per heavy atom. The molecule has 0 atom stereocenters. The third-order valence-corrected chi connectivity index (χ3v) is 5.11. The van der Waals surface area contributed by atoms with Gasteiger partial charge in [0, 0.05) is 5.56 Å². The van der Waals surface area contributed by atoms with E-state index in [1.54, 1.807) is 0 Å². The number of terminal acetylenes is 1. The Hall–Kier alpha value is -1.78. The van der Waals surface area contributed by atoms with Gasteiger partial charge in [-0.05, 0) is 23.3 Å². The minimum Gasteiger partial charge on any atom is -0.115 e. The van der Waals surface area contributed by atoms with Crippen molar-refractivity contribution in [2.24, 2.45) is 0 Å². The summed E-state index contributed by atoms with van der Waals surface area (Å²) < 4.78 is 0. The first-order chi connectivity index (χ1) is 8.52. The summed E-state index contributed by atoms with van der Waals surface area (Å²) in [6.07, 6.45) is 5.52. The van der Waals surface area contributed by atoms with Crippen LogP contribution in [0.3, 0.4) is 0 Å². The molecule has 0 saturated heterocycles. The Kier molecular flexibility index (Phi) is 3.40. The number of rotatable bonds is 2. The molecule has 0 nitrogen and oxygen atoms in total. The van der Waals surface area contributed by atoms with Gasteiger partial charge in [0.05, 0.1) is 8.07 Å². The molecule has 2 rings (SSSR count). The summed E-state index contributed by atoms with van der Waals surface area (Å²) in [5, 5.41) is 1.43. The van der Waals surface area contributed by atoms with Gasteiger partial charge in [0.15, 0.2) is 0 Å². The Morgan fingerprint density at radius 2 is 1.61 bits per heavy atom. The SMILES string of the molecule is C#Cc1ccc(-c2ccccc2)c([Si](C)(C)C)c1. The van der Waals surface area contributed by atoms with Crippen LogP contribution in [0.25, 0.3) is 11.1 Å². The Morgan fingerprint density at radius 3 is 2.17 bits per heavy atom. The monoisotopic (exact) mass is 250 g/mol. The number of benzene rings is 2. The van der Waals surface area contributed by atoms with E-state index in [0.717, 1.165) is 5.56 Å². The highest BCUT2D eigenvalue weighted by molar-refractivity contribution is 6.89. The first kappa shape index (κ1) is 12.7. The van der Waals surface area contributed by atoms with Crippen molar-refractivity contribution >= 4 is 13.3 Å². The third-order valence-electron chi connectivity index (χ3n) is 3.08. The molecule has 0 aliphatic heterocycles. The van der Waals surface area contributed by atoms with Gasteiger partial charge in [-0.25, -0.2) is 0 Å². The summed E-state index contributed by atoms with van der Waals surface area (Å²) in [4.78, 5) is 0. The fourth-order valence-corrected chi connectivity index (χ4v) is 3.75. The molecule has 18 heavy (non-hydrogen) atoms. The zero-order valence-electron chi connectivity index (χ0n) is 11.2. The molecule has 0 saturated carbocycles. The molecule has 0 unspecified atom stereocenters. The first-order valence-electron chi connectivity index (χ1n) is 6.19. The van der Waals surface area contributed by atoms with Crippen molar-refractivity contribution in [2.45, 2.75) is 19.6 Å². The molecule has 0 bridgehead atoms. The van der Waals surface area contributed by atoms with Crippen LogP contribution in [-0.4, -0.2) is 8.07 Å². The molecule has 0 amide bonds. The standard InChI is InChI=1S/C17H18Si/c1-5-14-11-12-16(15-9-7-6-8-10-15)17(13-14)18(2,3)4/h1,6-13H,2-4H3. The Labute approximate surface area is 111 Å². The summed E-state index contributed by atoms with van der Waals surface area (Å²) in [5.74, 6) is 2.74. The normalized spacial score (nSPS) is 11.0. The minimum atomic E-state index is -1.40. The summed E-state index contributed by atoms with van der Waals surface area (Å²) in [7, 11) is -1.40. The molecule has 0 aliphatic carbocycles. The highest BCUT2D eigenvalue weighted by atomic mass is 28.3. The molecule has 2 aromatic carbocycles. The van der Waals surface area contributed by atoms with E-state index in [-0.39, 0.29) is 0 Å². The largest absolute Gasteiger partial charge is 0.115 e. The van der Waals surface area contributed by atoms with Gasteiger partial charge in [-0.15, -0.1) is 6.42 Å². The van der Waals surface area contributed by atoms with Crippen molar-refractivity contribution in [3.8, 4) is 23.5 Å². The third kappa shape index (κ3) is 2.55. The predicted octanol–water partition coefficient (Wildman–Crippen LogP) is 3.88. The molecule has 0 N–H and O–H groups in total. The van der Waals surface area contributed by atoms with Crippen LogP contribution in [0.15, 0.2) is 48.5 Å². The van der Waals surface area contributed by atoms with Crippen molar-refractivity contribution in [3.05, 3.63) is 54.1 Å². The molecule has 0 spiro atoms. The van der Waals surface area contributed by atoms with Gasteiger partial charge in [0.1, 0.15) is 0 Å². The average Bonchev–Trinajstić information content (AvgIpc) is 2.38. The van der Waals surface area contributed by atoms with Gasteiger partial charge in [0.25, 0.3) is 0 Å². The van der Waals surface area contributed by atoms with Crippen molar-refractivity contribution < 1.29 is 0 Å². The molecular weight excluding hydrogens is 232 g/mol. The van der Waals surface area contributed by atoms with Gasteiger partial charge in [-0.1, -0.05) is 67.1 Å². The highest BCUT2D eigenvalue weighted by Crippen LogP contribution is 2.21. The molecule has 90 valence electrons. The zero-order chi connectivity index (χ0) is 13.2. The van der Waals surface area contributed by atoms with Crippen LogP contribution >= 0.6 is 0 Å². The van der Waals surface area contributed by atoms with Crippen molar-refractivity contribution in [2.75, 3.05) is 0 Å². The van der Waals surface area contributed by atoms with Crippen LogP contribution < -0.4 is 5.19 Å². The molecular formula is C17H18Si. The van der Waals surface area contributed by atoms with Crippen LogP contribution in [0.4, 0.5) is 0 Å². The maximum atomic E-state index is 5.52. The van der Waals surface area contributed by atoms with Crippen LogP contribution in [0.1, 0.15) is 5.56 Å². The maximum Gasteiger partial charge on any atom is 0.0784 e. The maximum absolute atomic E-state index is 5.52. The lowest BCUT2D eigenvalue weighted by atomic mass is 10.0. The van der Waals surface area contributed by atoms with E-state index in [4.69, 9.17) is 6.42 Å². The van der Waals surface area contributed by atoms with E-state index in [1.807, 2.05) is 12.1 Å². The minimum absolute atomic E-state index is 0.979. The molecule has 1 heteroatoms. The smallest absolute Gasteiger partial charge is 0.0784 e. The van der Waals surface area contributed by atoms with Crippen LogP contribution in [0, 0.1) is 12.3 Å². The van der Waals surface area contributed by atoms with Gasteiger partial charge in [-0.3, -0.25) is 0 Å². The lowest BCUT2D eigenvalue weighted by Crippen LogP contribution is -2.39. The van der Waals surface area contributed by atoms with E-state index < -0.39 is 8.07 Å². The van der Waals surface area contributed by atoms with E-state index >= 15 is 0 Å². The van der Waals surface area contributed by atoms with E-state index in [9.17, 15) is 0 Å². The lowest BCUT2D eigenvalue weighted by molar-refractivity contribution is 1.59. The van der Waals surface area contributed by atoms with Gasteiger partial charge < -0.3 is 0 Å². The molecule has 0 fully saturated rings. The highest BCUT2D eigenvalue weighted by Gasteiger charge is 2.21. The van der Waals surface area contributed by atoms with Crippen LogP contribution in [-0.2, 0) is 0 Å². The lowest BCUT2D eigenvalue weighted by Gasteiger charge is -2.21. The second-order valence-corrected chi connectivity index (χ2v) is 10.6. The van der Waals surface area contributed by atoms with Gasteiger partial charge >= 0.3 is 0 Å². The Bertz CT molecular complexity index is 583. The summed E-state index contributed by atoms with van der Waals surface area (Å²) in [6, 6.07) is 16.9. The van der Waals surface area contributed by atoms with Gasteiger partial charge in [0.2, 0.25) is 0 Å². The molecule has 2 aromatic rings. The van der Waals surface area contributed by atoms with E-state index in [0.29, 0.717) is 0 Å². The fourth-order valence-electron chi connectivity index (χ4n) is 2.12. The van der Waals surface area contributed by atoms with E-state index in [2.05, 4.69) is 62.0 Å². The molecule has 0 aromatic heterocycles. The fraction of sp³-hybridized carbons (Fsp3) is 0.176. The first-order valence-corrected chi connectivity index (χ1v) is 9.69. The van der Waals surface area contributed by atoms with Crippen molar-refractivity contribution in [3.63, 3.8) is 0 Å². The average molecular weight is 250 g/mol. The van der Waals surface area contributed by atoms with Crippen LogP contribution in [0.5, 0.6) is 0 Å². The predicted molar refractivity (Wildman–Crippen MR) is 82.8 cm³/mol. The molecule has 0 aliphatic rings. The van der Waals surface area contributed by atoms with Crippen molar-refractivity contribution in [1.82, 2.24) is 0 Å². The number of hydrogen-bond acceptors (Lipinski definition) is 0. The molecule has 0 heterocycles. The summed E-state index contributed by atoms with van der Waals surface area (Å²) >= 11 is 0. The molecule has 0 radical (unpaired) electrons. The topological polar surface area (TPSA) is 0 Å². The summed E-state index contributed by atoms with van der Waals surface area (Å²) in [5.41, 5.74) is 3.58. The quantitative estimate of drug-likeness (QED) is 0.560. The van der Waals surface area contributed by atoms with E-state index in [1.165, 1.54) is 16.3 Å². The number of hydrogen-bond donors (Lipinski definition) is 0. The second kappa shape index (κ2) is 4.84.